The minimum Gasteiger partial charge on any atom is -0.481 e. The molecule has 24 heavy (non-hydrogen) atoms. The van der Waals surface area contributed by atoms with E-state index >= 15 is 0 Å². The highest BCUT2D eigenvalue weighted by Gasteiger charge is 2.29. The summed E-state index contributed by atoms with van der Waals surface area (Å²) in [7, 11) is 3.28. The van der Waals surface area contributed by atoms with Crippen LogP contribution in [0.1, 0.15) is 23.2 Å². The van der Waals surface area contributed by atoms with Crippen molar-refractivity contribution in [2.45, 2.75) is 18.9 Å². The lowest BCUT2D eigenvalue weighted by atomic mass is 10.1. The summed E-state index contributed by atoms with van der Waals surface area (Å²) < 4.78 is 10.4. The molecule has 0 N–H and O–H groups in total. The molecule has 1 fully saturated rings. The minimum atomic E-state index is 0.0692. The molecule has 0 bridgehead atoms. The van der Waals surface area contributed by atoms with Crippen molar-refractivity contribution in [3.05, 3.63) is 48.0 Å². The average Bonchev–Trinajstić information content (AvgIpc) is 3.10. The van der Waals surface area contributed by atoms with Crippen molar-refractivity contribution in [1.82, 2.24) is 9.88 Å². The van der Waals surface area contributed by atoms with Crippen LogP contribution in [0.3, 0.4) is 0 Å². The molecule has 0 spiro atoms. The molecule has 0 radical (unpaired) electrons. The summed E-state index contributed by atoms with van der Waals surface area (Å²) in [6, 6.07) is 13.4. The molecule has 1 aliphatic rings. The van der Waals surface area contributed by atoms with Gasteiger partial charge in [0.2, 0.25) is 5.88 Å². The molecule has 2 heterocycles. The second kappa shape index (κ2) is 7.45. The van der Waals surface area contributed by atoms with Gasteiger partial charge in [-0.2, -0.15) is 0 Å². The van der Waals surface area contributed by atoms with E-state index in [1.54, 1.807) is 14.2 Å². The highest BCUT2D eigenvalue weighted by Crippen LogP contribution is 2.23. The van der Waals surface area contributed by atoms with Gasteiger partial charge in [-0.15, -0.1) is 0 Å². The zero-order valence-corrected chi connectivity index (χ0v) is 14.1. The van der Waals surface area contributed by atoms with Gasteiger partial charge in [-0.3, -0.25) is 4.79 Å². The summed E-state index contributed by atoms with van der Waals surface area (Å²) in [5.41, 5.74) is 2.48. The predicted octanol–water partition coefficient (Wildman–Crippen LogP) is 3.01. The molecule has 1 saturated heterocycles. The van der Waals surface area contributed by atoms with Crippen molar-refractivity contribution in [3.8, 4) is 17.1 Å². The van der Waals surface area contributed by atoms with E-state index in [1.165, 1.54) is 0 Å². The number of hydrogen-bond acceptors (Lipinski definition) is 4. The fourth-order valence-corrected chi connectivity index (χ4v) is 3.11. The molecule has 0 unspecified atom stereocenters. The summed E-state index contributed by atoms with van der Waals surface area (Å²) in [6.07, 6.45) is 2.04. The number of likely N-dealkylation sites (tertiary alicyclic amines) is 1. The highest BCUT2D eigenvalue weighted by atomic mass is 16.5. The molecule has 1 aromatic carbocycles. The number of pyridine rings is 1. The first kappa shape index (κ1) is 16.5. The number of aromatic nitrogens is 1. The van der Waals surface area contributed by atoms with Gasteiger partial charge < -0.3 is 14.4 Å². The number of hydrogen-bond donors (Lipinski definition) is 0. The average molecular weight is 326 g/mol. The van der Waals surface area contributed by atoms with Crippen molar-refractivity contribution >= 4 is 5.91 Å². The van der Waals surface area contributed by atoms with Crippen molar-refractivity contribution in [1.29, 1.82) is 0 Å². The molecule has 1 atom stereocenters. The summed E-state index contributed by atoms with van der Waals surface area (Å²) >= 11 is 0. The van der Waals surface area contributed by atoms with Gasteiger partial charge in [0.05, 0.1) is 25.5 Å². The van der Waals surface area contributed by atoms with Gasteiger partial charge in [0.25, 0.3) is 5.91 Å². The van der Waals surface area contributed by atoms with Crippen LogP contribution in [0.2, 0.25) is 0 Å². The first-order chi connectivity index (χ1) is 11.7. The van der Waals surface area contributed by atoms with Crippen LogP contribution in [0.15, 0.2) is 42.5 Å². The van der Waals surface area contributed by atoms with E-state index in [9.17, 15) is 4.79 Å². The molecular weight excluding hydrogens is 304 g/mol. The standard InChI is InChI=1S/C19H22N2O3/c1-23-13-16-5-4-12-21(16)19(22)15-10-8-14(9-11-15)17-6-3-7-18(20-17)24-2/h3,6-11,16H,4-5,12-13H2,1-2H3/t16-/m0/s1. The minimum absolute atomic E-state index is 0.0692. The maximum atomic E-state index is 12.7. The molecule has 1 aliphatic heterocycles. The van der Waals surface area contributed by atoms with E-state index in [0.29, 0.717) is 18.1 Å². The Morgan fingerprint density at radius 2 is 2.00 bits per heavy atom. The number of nitrogens with zero attached hydrogens (tertiary/aromatic N) is 2. The van der Waals surface area contributed by atoms with Crippen LogP contribution >= 0.6 is 0 Å². The van der Waals surface area contributed by atoms with Gasteiger partial charge >= 0.3 is 0 Å². The van der Waals surface area contributed by atoms with Crippen LogP contribution in [0.5, 0.6) is 5.88 Å². The monoisotopic (exact) mass is 326 g/mol. The van der Waals surface area contributed by atoms with Gasteiger partial charge in [-0.05, 0) is 31.0 Å². The van der Waals surface area contributed by atoms with Crippen molar-refractivity contribution in [3.63, 3.8) is 0 Å². The first-order valence-corrected chi connectivity index (χ1v) is 8.14. The zero-order valence-electron chi connectivity index (χ0n) is 14.1. The van der Waals surface area contributed by atoms with Gasteiger partial charge in [0.15, 0.2) is 0 Å². The van der Waals surface area contributed by atoms with E-state index in [4.69, 9.17) is 9.47 Å². The molecule has 0 aliphatic carbocycles. The van der Waals surface area contributed by atoms with Gasteiger partial charge in [-0.25, -0.2) is 4.98 Å². The molecule has 3 rings (SSSR count). The van der Waals surface area contributed by atoms with E-state index < -0.39 is 0 Å². The molecule has 5 heteroatoms. The van der Waals surface area contributed by atoms with Crippen LogP contribution in [0.25, 0.3) is 11.3 Å². The van der Waals surface area contributed by atoms with Gasteiger partial charge in [0.1, 0.15) is 0 Å². The summed E-state index contributed by atoms with van der Waals surface area (Å²) in [6.45, 7) is 1.39. The molecule has 126 valence electrons. The van der Waals surface area contributed by atoms with Gasteiger partial charge in [-0.1, -0.05) is 18.2 Å². The maximum absolute atomic E-state index is 12.7. The topological polar surface area (TPSA) is 51.7 Å². The number of methoxy groups -OCH3 is 2. The number of ether oxygens (including phenoxy) is 2. The SMILES string of the molecule is COC[C@@H]1CCCN1C(=O)c1ccc(-c2cccc(OC)n2)cc1. The molecular formula is C19H22N2O3. The van der Waals surface area contributed by atoms with E-state index in [-0.39, 0.29) is 11.9 Å². The maximum Gasteiger partial charge on any atom is 0.254 e. The third-order valence-electron chi connectivity index (χ3n) is 4.36. The van der Waals surface area contributed by atoms with Crippen LogP contribution in [0, 0.1) is 0 Å². The lowest BCUT2D eigenvalue weighted by Crippen LogP contribution is -2.38. The number of amides is 1. The third-order valence-corrected chi connectivity index (χ3v) is 4.36. The first-order valence-electron chi connectivity index (χ1n) is 8.14. The number of rotatable bonds is 5. The quantitative estimate of drug-likeness (QED) is 0.847. The van der Waals surface area contributed by atoms with Crippen molar-refractivity contribution in [2.24, 2.45) is 0 Å². The Morgan fingerprint density at radius 1 is 1.21 bits per heavy atom. The molecule has 5 nitrogen and oxygen atoms in total. The van der Waals surface area contributed by atoms with E-state index in [2.05, 4.69) is 4.98 Å². The van der Waals surface area contributed by atoms with Crippen LogP contribution in [-0.4, -0.2) is 49.2 Å². The largest absolute Gasteiger partial charge is 0.481 e. The second-order valence-corrected chi connectivity index (χ2v) is 5.89. The van der Waals surface area contributed by atoms with Crippen LogP contribution < -0.4 is 4.74 Å². The Balaban J connectivity index is 1.77. The Kier molecular flexibility index (Phi) is 5.11. The predicted molar refractivity (Wildman–Crippen MR) is 92.2 cm³/mol. The number of carbonyl (C=O) groups excluding carboxylic acids is 1. The van der Waals surface area contributed by atoms with Crippen molar-refractivity contribution in [2.75, 3.05) is 27.4 Å². The van der Waals surface area contributed by atoms with Crippen LogP contribution in [-0.2, 0) is 4.74 Å². The Morgan fingerprint density at radius 3 is 2.71 bits per heavy atom. The van der Waals surface area contributed by atoms with Gasteiger partial charge in [0, 0.05) is 30.8 Å². The summed E-state index contributed by atoms with van der Waals surface area (Å²) in [5.74, 6) is 0.645. The highest BCUT2D eigenvalue weighted by molar-refractivity contribution is 5.95. The van der Waals surface area contributed by atoms with E-state index in [1.807, 2.05) is 47.4 Å². The molecule has 1 amide bonds. The second-order valence-electron chi connectivity index (χ2n) is 5.89. The lowest BCUT2D eigenvalue weighted by molar-refractivity contribution is 0.0630. The summed E-state index contributed by atoms with van der Waals surface area (Å²) in [4.78, 5) is 19.0. The molecule has 1 aromatic heterocycles. The summed E-state index contributed by atoms with van der Waals surface area (Å²) in [5, 5.41) is 0. The van der Waals surface area contributed by atoms with Crippen LogP contribution in [0.4, 0.5) is 0 Å². The third kappa shape index (κ3) is 3.41. The Hall–Kier alpha value is -2.40. The lowest BCUT2D eigenvalue weighted by Gasteiger charge is -2.24. The Bertz CT molecular complexity index is 700. The van der Waals surface area contributed by atoms with Crippen molar-refractivity contribution < 1.29 is 14.3 Å². The fraction of sp³-hybridized carbons (Fsp3) is 0.368. The normalized spacial score (nSPS) is 17.1. The smallest absolute Gasteiger partial charge is 0.254 e. The molecule has 0 saturated carbocycles. The fourth-order valence-electron chi connectivity index (χ4n) is 3.11. The zero-order chi connectivity index (χ0) is 16.9. The number of benzene rings is 1. The van der Waals surface area contributed by atoms with E-state index in [0.717, 1.165) is 30.6 Å². The molecule has 2 aromatic rings. The Labute approximate surface area is 142 Å². The number of carbonyl (C=O) groups is 1.